The Kier molecular flexibility index (Phi) is 2.32. The van der Waals surface area contributed by atoms with Gasteiger partial charge < -0.3 is 9.73 Å². The van der Waals surface area contributed by atoms with Gasteiger partial charge in [-0.1, -0.05) is 0 Å². The molecular weight excluding hydrogens is 258 g/mol. The maximum absolute atomic E-state index is 11.8. The molecule has 1 aromatic carbocycles. The van der Waals surface area contributed by atoms with Crippen LogP contribution in [0, 0.1) is 0 Å². The minimum absolute atomic E-state index is 0.168. The number of oxazole rings is 1. The molecule has 0 saturated heterocycles. The molecule has 0 atom stereocenters. The molecule has 0 unspecified atom stereocenters. The van der Waals surface area contributed by atoms with Crippen molar-refractivity contribution >= 4 is 22.7 Å². The summed E-state index contributed by atoms with van der Waals surface area (Å²) in [6.45, 7) is 0. The van der Waals surface area contributed by atoms with Crippen molar-refractivity contribution < 1.29 is 9.21 Å². The van der Waals surface area contributed by atoms with Gasteiger partial charge in [0, 0.05) is 17.7 Å². The van der Waals surface area contributed by atoms with Crippen LogP contribution in [0.1, 0.15) is 35.3 Å². The molecule has 2 aromatic heterocycles. The van der Waals surface area contributed by atoms with Gasteiger partial charge in [0.2, 0.25) is 5.82 Å². The Morgan fingerprint density at radius 1 is 1.40 bits per heavy atom. The summed E-state index contributed by atoms with van der Waals surface area (Å²) in [5, 5.41) is 8.88. The number of H-pyrrole nitrogens is 1. The minimum atomic E-state index is -0.344. The van der Waals surface area contributed by atoms with Crippen LogP contribution in [-0.2, 0) is 0 Å². The largest absolute Gasteiger partial charge is 0.440 e. The fourth-order valence-corrected chi connectivity index (χ4v) is 2.03. The molecule has 20 heavy (non-hydrogen) atoms. The lowest BCUT2D eigenvalue weighted by atomic mass is 10.3. The lowest BCUT2D eigenvalue weighted by Crippen LogP contribution is -2.13. The van der Waals surface area contributed by atoms with Gasteiger partial charge in [0.15, 0.2) is 11.5 Å². The van der Waals surface area contributed by atoms with Crippen molar-refractivity contribution in [3.05, 3.63) is 36.2 Å². The molecule has 2 N–H and O–H groups in total. The fraction of sp³-hybridized carbons (Fsp3) is 0.231. The average Bonchev–Trinajstić information content (AvgIpc) is 3.00. The van der Waals surface area contributed by atoms with Gasteiger partial charge in [-0.15, -0.1) is 0 Å². The molecule has 1 amide bonds. The molecule has 100 valence electrons. The number of fused-ring (bicyclic) bond motifs is 1. The molecule has 1 aliphatic rings. The average molecular weight is 269 g/mol. The number of carbonyl (C=O) groups excluding carboxylic acids is 1. The monoisotopic (exact) mass is 269 g/mol. The van der Waals surface area contributed by atoms with Gasteiger partial charge in [0.1, 0.15) is 11.8 Å². The van der Waals surface area contributed by atoms with E-state index >= 15 is 0 Å². The van der Waals surface area contributed by atoms with Crippen molar-refractivity contribution in [2.45, 2.75) is 18.8 Å². The smallest absolute Gasteiger partial charge is 0.292 e. The van der Waals surface area contributed by atoms with Crippen LogP contribution in [-0.4, -0.2) is 26.1 Å². The molecule has 2 heterocycles. The van der Waals surface area contributed by atoms with Crippen molar-refractivity contribution in [2.24, 2.45) is 0 Å². The van der Waals surface area contributed by atoms with Crippen LogP contribution in [0.4, 0.5) is 5.69 Å². The first-order chi connectivity index (χ1) is 9.79. The summed E-state index contributed by atoms with van der Waals surface area (Å²) in [6, 6.07) is 5.39. The minimum Gasteiger partial charge on any atom is -0.440 e. The van der Waals surface area contributed by atoms with Crippen LogP contribution in [0.5, 0.6) is 0 Å². The van der Waals surface area contributed by atoms with Crippen LogP contribution >= 0.6 is 0 Å². The summed E-state index contributed by atoms with van der Waals surface area (Å²) in [5.74, 6) is 1.08. The third kappa shape index (κ3) is 1.93. The standard InChI is InChI=1S/C13H11N5O2/c19-12(11-14-6-15-18-11)16-8-3-4-9-10(5-8)20-13(17-9)7-1-2-7/h3-7H,1-2H2,(H,16,19)(H,14,15,18). The number of rotatable bonds is 3. The Balaban J connectivity index is 1.61. The summed E-state index contributed by atoms with van der Waals surface area (Å²) < 4.78 is 5.71. The molecule has 1 aliphatic carbocycles. The van der Waals surface area contributed by atoms with E-state index in [2.05, 4.69) is 25.5 Å². The van der Waals surface area contributed by atoms with Crippen LogP contribution in [0.2, 0.25) is 0 Å². The molecule has 1 fully saturated rings. The molecule has 0 aliphatic heterocycles. The third-order valence-electron chi connectivity index (χ3n) is 3.22. The maximum Gasteiger partial charge on any atom is 0.292 e. The Hall–Kier alpha value is -2.70. The lowest BCUT2D eigenvalue weighted by Gasteiger charge is -2.01. The Morgan fingerprint density at radius 3 is 3.05 bits per heavy atom. The molecule has 0 spiro atoms. The van der Waals surface area contributed by atoms with Crippen molar-refractivity contribution in [1.82, 2.24) is 20.2 Å². The highest BCUT2D eigenvalue weighted by molar-refractivity contribution is 6.02. The number of hydrogen-bond donors (Lipinski definition) is 2. The quantitative estimate of drug-likeness (QED) is 0.758. The van der Waals surface area contributed by atoms with E-state index in [0.717, 1.165) is 24.2 Å². The molecule has 1 saturated carbocycles. The number of benzene rings is 1. The topological polar surface area (TPSA) is 96.7 Å². The predicted molar refractivity (Wildman–Crippen MR) is 70.3 cm³/mol. The van der Waals surface area contributed by atoms with E-state index < -0.39 is 0 Å². The van der Waals surface area contributed by atoms with Crippen molar-refractivity contribution in [3.63, 3.8) is 0 Å². The van der Waals surface area contributed by atoms with Gasteiger partial charge in [0.25, 0.3) is 5.91 Å². The van der Waals surface area contributed by atoms with E-state index in [1.807, 2.05) is 6.07 Å². The molecule has 4 rings (SSSR count). The first kappa shape index (κ1) is 11.2. The number of anilines is 1. The van der Waals surface area contributed by atoms with E-state index in [1.54, 1.807) is 12.1 Å². The Labute approximate surface area is 113 Å². The SMILES string of the molecule is O=C(Nc1ccc2nc(C3CC3)oc2c1)c1ncn[nH]1. The van der Waals surface area contributed by atoms with Gasteiger partial charge in [-0.2, -0.15) is 5.10 Å². The van der Waals surface area contributed by atoms with Crippen LogP contribution < -0.4 is 5.32 Å². The van der Waals surface area contributed by atoms with E-state index in [1.165, 1.54) is 6.33 Å². The molecular formula is C13H11N5O2. The van der Waals surface area contributed by atoms with Crippen LogP contribution in [0.15, 0.2) is 28.9 Å². The first-order valence-corrected chi connectivity index (χ1v) is 6.37. The van der Waals surface area contributed by atoms with Gasteiger partial charge in [-0.25, -0.2) is 9.97 Å². The van der Waals surface area contributed by atoms with Crippen LogP contribution in [0.3, 0.4) is 0 Å². The molecule has 7 nitrogen and oxygen atoms in total. The van der Waals surface area contributed by atoms with Crippen molar-refractivity contribution in [2.75, 3.05) is 5.32 Å². The molecule has 7 heteroatoms. The number of aromatic nitrogens is 4. The van der Waals surface area contributed by atoms with Crippen LogP contribution in [0.25, 0.3) is 11.1 Å². The lowest BCUT2D eigenvalue weighted by molar-refractivity contribution is 0.101. The molecule has 0 bridgehead atoms. The second-order valence-corrected chi connectivity index (χ2v) is 4.80. The normalized spacial score (nSPS) is 14.6. The maximum atomic E-state index is 11.8. The summed E-state index contributed by atoms with van der Waals surface area (Å²) in [7, 11) is 0. The Morgan fingerprint density at radius 2 is 2.30 bits per heavy atom. The second kappa shape index (κ2) is 4.16. The summed E-state index contributed by atoms with van der Waals surface area (Å²) in [6.07, 6.45) is 3.57. The predicted octanol–water partition coefficient (Wildman–Crippen LogP) is 2.08. The Bertz CT molecular complexity index is 773. The van der Waals surface area contributed by atoms with Crippen molar-refractivity contribution in [3.8, 4) is 0 Å². The second-order valence-electron chi connectivity index (χ2n) is 4.80. The van der Waals surface area contributed by atoms with Crippen molar-refractivity contribution in [1.29, 1.82) is 0 Å². The first-order valence-electron chi connectivity index (χ1n) is 6.37. The van der Waals surface area contributed by atoms with Gasteiger partial charge in [0.05, 0.1) is 0 Å². The zero-order valence-electron chi connectivity index (χ0n) is 10.5. The van der Waals surface area contributed by atoms with E-state index in [9.17, 15) is 4.79 Å². The number of nitrogens with one attached hydrogen (secondary N) is 2. The summed E-state index contributed by atoms with van der Waals surface area (Å²) >= 11 is 0. The zero-order chi connectivity index (χ0) is 13.5. The number of aromatic amines is 1. The third-order valence-corrected chi connectivity index (χ3v) is 3.22. The van der Waals surface area contributed by atoms with Gasteiger partial charge in [-0.05, 0) is 25.0 Å². The highest BCUT2D eigenvalue weighted by Gasteiger charge is 2.28. The highest BCUT2D eigenvalue weighted by atomic mass is 16.3. The summed E-state index contributed by atoms with van der Waals surface area (Å²) in [5.41, 5.74) is 2.13. The molecule has 0 radical (unpaired) electrons. The summed E-state index contributed by atoms with van der Waals surface area (Å²) in [4.78, 5) is 20.1. The highest BCUT2D eigenvalue weighted by Crippen LogP contribution is 2.40. The number of carbonyl (C=O) groups is 1. The van der Waals surface area contributed by atoms with E-state index in [-0.39, 0.29) is 11.7 Å². The van der Waals surface area contributed by atoms with Gasteiger partial charge >= 0.3 is 0 Å². The van der Waals surface area contributed by atoms with Gasteiger partial charge in [-0.3, -0.25) is 9.89 Å². The zero-order valence-corrected chi connectivity index (χ0v) is 10.5. The number of amides is 1. The molecule has 3 aromatic rings. The van der Waals surface area contributed by atoms with E-state index in [0.29, 0.717) is 17.2 Å². The fourth-order valence-electron chi connectivity index (χ4n) is 2.03. The van der Waals surface area contributed by atoms with E-state index in [4.69, 9.17) is 4.42 Å². The number of nitrogens with zero attached hydrogens (tertiary/aromatic N) is 3. The number of hydrogen-bond acceptors (Lipinski definition) is 5.